The lowest BCUT2D eigenvalue weighted by atomic mass is 9.96. The minimum absolute atomic E-state index is 0.113. The lowest BCUT2D eigenvalue weighted by Crippen LogP contribution is -2.36. The van der Waals surface area contributed by atoms with E-state index in [1.165, 1.54) is 23.9 Å². The van der Waals surface area contributed by atoms with Crippen molar-refractivity contribution in [3.8, 4) is 0 Å². The van der Waals surface area contributed by atoms with Crippen LogP contribution >= 0.6 is 11.8 Å². The van der Waals surface area contributed by atoms with Crippen molar-refractivity contribution in [2.75, 3.05) is 18.6 Å². The minimum Gasteiger partial charge on any atom is -0.374 e. The summed E-state index contributed by atoms with van der Waals surface area (Å²) in [6, 6.07) is 2.63. The summed E-state index contributed by atoms with van der Waals surface area (Å²) in [6.45, 7) is 7.10. The molecule has 0 saturated carbocycles. The molecule has 1 heterocycles. The fourth-order valence-corrected chi connectivity index (χ4v) is 3.21. The van der Waals surface area contributed by atoms with Gasteiger partial charge in [-0.25, -0.2) is 13.6 Å². The number of aromatic amines is 1. The zero-order valence-corrected chi connectivity index (χ0v) is 17.1. The third-order valence-corrected chi connectivity index (χ3v) is 4.85. The Hall–Kier alpha value is -1.67. The number of aromatic nitrogens is 2. The number of hydrogen-bond acceptors (Lipinski definition) is 4. The van der Waals surface area contributed by atoms with Gasteiger partial charge in [0.2, 0.25) is 0 Å². The molecule has 0 aliphatic heterocycles. The molecular formula is C19H26F2N2O3S. The maximum atomic E-state index is 14.2. The van der Waals surface area contributed by atoms with E-state index in [4.69, 9.17) is 4.74 Å². The van der Waals surface area contributed by atoms with E-state index >= 15 is 0 Å². The third kappa shape index (κ3) is 4.99. The Bertz CT molecular complexity index is 916. The van der Waals surface area contributed by atoms with Crippen molar-refractivity contribution in [3.05, 3.63) is 44.1 Å². The smallest absolute Gasteiger partial charge is 0.328 e. The molecule has 0 amide bonds. The van der Waals surface area contributed by atoms with Crippen LogP contribution in [0.4, 0.5) is 8.78 Å². The maximum absolute atomic E-state index is 14.2. The minimum atomic E-state index is -3.14. The van der Waals surface area contributed by atoms with E-state index in [1.54, 1.807) is 6.92 Å². The van der Waals surface area contributed by atoms with Gasteiger partial charge in [0.15, 0.2) is 0 Å². The summed E-state index contributed by atoms with van der Waals surface area (Å²) in [5.41, 5.74) is -0.948. The Balaban J connectivity index is 2.68. The summed E-state index contributed by atoms with van der Waals surface area (Å²) in [5, 5.41) is 0.207. The van der Waals surface area contributed by atoms with Crippen molar-refractivity contribution in [2.45, 2.75) is 46.3 Å². The lowest BCUT2D eigenvalue weighted by molar-refractivity contribution is 0.00730. The fraction of sp³-hybridized carbons (Fsp3) is 0.579. The number of alkyl halides is 2. The highest BCUT2D eigenvalue weighted by Gasteiger charge is 2.31. The number of fused-ring (bicyclic) bond motifs is 1. The summed E-state index contributed by atoms with van der Waals surface area (Å²) >= 11 is 1.51. The van der Waals surface area contributed by atoms with Crippen molar-refractivity contribution in [1.82, 2.24) is 9.55 Å². The zero-order valence-electron chi connectivity index (χ0n) is 16.3. The molecule has 5 nitrogen and oxygen atoms in total. The first-order chi connectivity index (χ1) is 12.6. The molecule has 0 bridgehead atoms. The van der Waals surface area contributed by atoms with Gasteiger partial charge in [0.1, 0.15) is 0 Å². The van der Waals surface area contributed by atoms with Crippen LogP contribution in [-0.2, 0) is 17.2 Å². The van der Waals surface area contributed by atoms with Gasteiger partial charge in [0.25, 0.3) is 11.5 Å². The molecule has 0 aliphatic carbocycles. The van der Waals surface area contributed by atoms with E-state index < -0.39 is 23.3 Å². The number of hydrogen-bond donors (Lipinski definition) is 1. The Morgan fingerprint density at radius 3 is 2.48 bits per heavy atom. The van der Waals surface area contributed by atoms with Gasteiger partial charge in [0.05, 0.1) is 17.0 Å². The van der Waals surface area contributed by atoms with E-state index in [-0.39, 0.29) is 34.5 Å². The van der Waals surface area contributed by atoms with Crippen molar-refractivity contribution in [1.29, 1.82) is 0 Å². The molecular weight excluding hydrogens is 374 g/mol. The van der Waals surface area contributed by atoms with Crippen LogP contribution in [0.1, 0.15) is 44.9 Å². The highest BCUT2D eigenvalue weighted by molar-refractivity contribution is 7.98. The monoisotopic (exact) mass is 400 g/mol. The van der Waals surface area contributed by atoms with Crippen LogP contribution < -0.4 is 11.2 Å². The highest BCUT2D eigenvalue weighted by atomic mass is 32.2. The molecule has 0 radical (unpaired) electrons. The molecule has 2 rings (SSSR count). The van der Waals surface area contributed by atoms with Gasteiger partial charge in [-0.15, -0.1) is 0 Å². The molecule has 1 N–H and O–H groups in total. The Labute approximate surface area is 161 Å². The molecule has 0 saturated heterocycles. The third-order valence-electron chi connectivity index (χ3n) is 4.26. The number of halogens is 2. The first-order valence-electron chi connectivity index (χ1n) is 8.85. The van der Waals surface area contributed by atoms with Gasteiger partial charge >= 0.3 is 5.69 Å². The molecule has 1 unspecified atom stereocenters. The largest absolute Gasteiger partial charge is 0.374 e. The fourth-order valence-electron chi connectivity index (χ4n) is 2.85. The SMILES string of the molecule is CSCCn1c(=O)[nH]c2cc(C(C)(F)F)c(C(C)OCC(C)C)cc2c1=O. The van der Waals surface area contributed by atoms with Crippen LogP contribution in [0.15, 0.2) is 21.7 Å². The Morgan fingerprint density at radius 1 is 1.26 bits per heavy atom. The predicted molar refractivity (Wildman–Crippen MR) is 106 cm³/mol. The molecule has 0 aliphatic rings. The maximum Gasteiger partial charge on any atom is 0.328 e. The van der Waals surface area contributed by atoms with Crippen LogP contribution in [0.3, 0.4) is 0 Å². The van der Waals surface area contributed by atoms with E-state index in [9.17, 15) is 18.4 Å². The summed E-state index contributed by atoms with van der Waals surface area (Å²) in [4.78, 5) is 27.5. The Morgan fingerprint density at radius 2 is 1.93 bits per heavy atom. The van der Waals surface area contributed by atoms with Gasteiger partial charge in [-0.2, -0.15) is 11.8 Å². The van der Waals surface area contributed by atoms with Crippen LogP contribution in [0, 0.1) is 5.92 Å². The first kappa shape index (κ1) is 21.6. The number of rotatable bonds is 8. The molecule has 1 atom stereocenters. The van der Waals surface area contributed by atoms with Crippen molar-refractivity contribution < 1.29 is 13.5 Å². The number of thioether (sulfide) groups is 1. The van der Waals surface area contributed by atoms with Crippen molar-refractivity contribution in [2.24, 2.45) is 5.92 Å². The summed E-state index contributed by atoms with van der Waals surface area (Å²) < 4.78 is 35.2. The summed E-state index contributed by atoms with van der Waals surface area (Å²) in [7, 11) is 0. The number of benzene rings is 1. The van der Waals surface area contributed by atoms with Gasteiger partial charge < -0.3 is 9.72 Å². The van der Waals surface area contributed by atoms with Gasteiger partial charge in [-0.1, -0.05) is 13.8 Å². The second-order valence-corrected chi connectivity index (χ2v) is 8.11. The topological polar surface area (TPSA) is 64.1 Å². The average Bonchev–Trinajstić information content (AvgIpc) is 2.57. The average molecular weight is 400 g/mol. The summed E-state index contributed by atoms with van der Waals surface area (Å²) in [5.74, 6) is -2.29. The van der Waals surface area contributed by atoms with E-state index in [2.05, 4.69) is 4.98 Å². The van der Waals surface area contributed by atoms with Gasteiger partial charge in [-0.3, -0.25) is 9.36 Å². The number of nitrogens with zero attached hydrogens (tertiary/aromatic N) is 1. The van der Waals surface area contributed by atoms with E-state index in [1.807, 2.05) is 20.1 Å². The van der Waals surface area contributed by atoms with Crippen LogP contribution in [0.25, 0.3) is 10.9 Å². The molecule has 2 aromatic rings. The van der Waals surface area contributed by atoms with Crippen LogP contribution in [-0.4, -0.2) is 28.2 Å². The molecule has 150 valence electrons. The molecule has 1 aromatic heterocycles. The molecule has 27 heavy (non-hydrogen) atoms. The highest BCUT2D eigenvalue weighted by Crippen LogP contribution is 2.35. The van der Waals surface area contributed by atoms with E-state index in [0.717, 1.165) is 11.5 Å². The molecule has 0 spiro atoms. The predicted octanol–water partition coefficient (Wildman–Crippen LogP) is 3.90. The zero-order chi connectivity index (χ0) is 20.4. The van der Waals surface area contributed by atoms with Gasteiger partial charge in [-0.05, 0) is 36.8 Å². The van der Waals surface area contributed by atoms with Crippen molar-refractivity contribution in [3.63, 3.8) is 0 Å². The molecule has 0 fully saturated rings. The second kappa shape index (κ2) is 8.56. The normalized spacial score (nSPS) is 13.5. The number of nitrogens with one attached hydrogen (secondary N) is 1. The molecule has 8 heteroatoms. The molecule has 1 aromatic carbocycles. The van der Waals surface area contributed by atoms with Crippen LogP contribution in [0.5, 0.6) is 0 Å². The van der Waals surface area contributed by atoms with Crippen molar-refractivity contribution >= 4 is 22.7 Å². The number of H-pyrrole nitrogens is 1. The van der Waals surface area contributed by atoms with E-state index in [0.29, 0.717) is 12.4 Å². The number of ether oxygens (including phenoxy) is 1. The second-order valence-electron chi connectivity index (χ2n) is 7.12. The standard InChI is InChI=1S/C19H26F2N2O3S/c1-11(2)10-26-12(3)13-8-14-16(9-15(13)19(4,20)21)22-18(25)23(17(14)24)6-7-27-5/h8-9,11-12H,6-7,10H2,1-5H3,(H,22,25). The van der Waals surface area contributed by atoms with Gasteiger partial charge in [0, 0.05) is 31.4 Å². The summed E-state index contributed by atoms with van der Waals surface area (Å²) in [6.07, 6.45) is 1.27. The quantitative estimate of drug-likeness (QED) is 0.730. The lowest BCUT2D eigenvalue weighted by Gasteiger charge is -2.22. The van der Waals surface area contributed by atoms with Crippen LogP contribution in [0.2, 0.25) is 0 Å². The Kier molecular flexibility index (Phi) is 6.86. The first-order valence-corrected chi connectivity index (χ1v) is 10.2.